The Morgan fingerprint density at radius 3 is 2.62 bits per heavy atom. The first-order chi connectivity index (χ1) is 12.2. The topological polar surface area (TPSA) is 48.0 Å². The zero-order valence-electron chi connectivity index (χ0n) is 14.2. The minimum absolute atomic E-state index is 0. The lowest BCUT2D eigenvalue weighted by molar-refractivity contribution is -0.0355. The van der Waals surface area contributed by atoms with E-state index in [2.05, 4.69) is 33.0 Å². The molecule has 1 aliphatic heterocycles. The second-order valence-corrected chi connectivity index (χ2v) is 6.64. The molecule has 1 heterocycles. The highest BCUT2D eigenvalue weighted by Crippen LogP contribution is 2.23. The molecule has 0 N–H and O–H groups in total. The van der Waals surface area contributed by atoms with Crippen molar-refractivity contribution in [3.8, 4) is 5.75 Å². The molecule has 140 valence electrons. The van der Waals surface area contributed by atoms with Crippen molar-refractivity contribution in [2.75, 3.05) is 32.8 Å². The first-order valence-corrected chi connectivity index (χ1v) is 8.99. The van der Waals surface area contributed by atoms with Crippen LogP contribution in [0.3, 0.4) is 0 Å². The minimum atomic E-state index is -0.677. The predicted octanol–water partition coefficient (Wildman–Crippen LogP) is 4.46. The number of hydrogen-bond acceptors (Lipinski definition) is 5. The zero-order valence-corrected chi connectivity index (χ0v) is 16.6. The van der Waals surface area contributed by atoms with E-state index in [-0.39, 0.29) is 18.5 Å². The molecule has 0 amide bonds. The summed E-state index contributed by atoms with van der Waals surface area (Å²) in [5.74, 6) is 0.481. The number of ether oxygens (including phenoxy) is 3. The summed E-state index contributed by atoms with van der Waals surface area (Å²) in [6.45, 7) is 3.21. The molecule has 1 fully saturated rings. The fourth-order valence-electron chi connectivity index (χ4n) is 2.66. The Hall–Kier alpha value is -1.60. The molecule has 1 saturated heterocycles. The summed E-state index contributed by atoms with van der Waals surface area (Å²) in [6, 6.07) is 17.0. The fourth-order valence-corrected chi connectivity index (χ4v) is 2.92. The van der Waals surface area contributed by atoms with Gasteiger partial charge >= 0.3 is 6.16 Å². The molecule has 1 aliphatic rings. The maximum absolute atomic E-state index is 11.7. The van der Waals surface area contributed by atoms with E-state index in [1.54, 1.807) is 24.3 Å². The fraction of sp³-hybridized carbons (Fsp3) is 0.316. The molecule has 7 heteroatoms. The average molecular weight is 443 g/mol. The summed E-state index contributed by atoms with van der Waals surface area (Å²) < 4.78 is 17.2. The van der Waals surface area contributed by atoms with Crippen LogP contribution >= 0.6 is 28.3 Å². The van der Waals surface area contributed by atoms with Gasteiger partial charge in [0.15, 0.2) is 0 Å². The van der Waals surface area contributed by atoms with Crippen LogP contribution in [0.25, 0.3) is 0 Å². The SMILES string of the molecule is Cl.O=C(OCCN1CCOC(c2ccc(Br)cc2)C1)Oc1ccccc1. The van der Waals surface area contributed by atoms with Gasteiger partial charge in [-0.25, -0.2) is 4.79 Å². The second kappa shape index (κ2) is 10.5. The summed E-state index contributed by atoms with van der Waals surface area (Å²) in [6.07, 6.45) is -0.637. The van der Waals surface area contributed by atoms with Gasteiger partial charge in [0.25, 0.3) is 0 Å². The largest absolute Gasteiger partial charge is 0.513 e. The molecule has 5 nitrogen and oxygen atoms in total. The Morgan fingerprint density at radius 1 is 1.15 bits per heavy atom. The van der Waals surface area contributed by atoms with Crippen LogP contribution < -0.4 is 4.74 Å². The van der Waals surface area contributed by atoms with Crippen LogP contribution in [0, 0.1) is 0 Å². The molecule has 2 aromatic rings. The molecule has 2 aromatic carbocycles. The highest BCUT2D eigenvalue weighted by atomic mass is 79.9. The Morgan fingerprint density at radius 2 is 1.88 bits per heavy atom. The molecular weight excluding hydrogens is 422 g/mol. The zero-order chi connectivity index (χ0) is 17.5. The third kappa shape index (κ3) is 6.29. The van der Waals surface area contributed by atoms with Gasteiger partial charge in [-0.2, -0.15) is 0 Å². The van der Waals surface area contributed by atoms with Crippen LogP contribution in [-0.2, 0) is 9.47 Å². The smallest absolute Gasteiger partial charge is 0.433 e. The predicted molar refractivity (Wildman–Crippen MR) is 105 cm³/mol. The van der Waals surface area contributed by atoms with E-state index in [4.69, 9.17) is 14.2 Å². The van der Waals surface area contributed by atoms with Gasteiger partial charge in [0.2, 0.25) is 0 Å². The van der Waals surface area contributed by atoms with Gasteiger partial charge in [-0.05, 0) is 29.8 Å². The molecule has 0 bridgehead atoms. The highest BCUT2D eigenvalue weighted by Gasteiger charge is 2.22. The van der Waals surface area contributed by atoms with Gasteiger partial charge in [-0.15, -0.1) is 12.4 Å². The summed E-state index contributed by atoms with van der Waals surface area (Å²) in [4.78, 5) is 13.9. The first-order valence-electron chi connectivity index (χ1n) is 8.20. The molecule has 26 heavy (non-hydrogen) atoms. The Balaban J connectivity index is 0.00000243. The summed E-state index contributed by atoms with van der Waals surface area (Å²) in [5, 5.41) is 0. The van der Waals surface area contributed by atoms with Crippen molar-refractivity contribution in [3.63, 3.8) is 0 Å². The van der Waals surface area contributed by atoms with Crippen LogP contribution in [-0.4, -0.2) is 43.9 Å². The maximum atomic E-state index is 11.7. The van der Waals surface area contributed by atoms with E-state index in [0.717, 1.165) is 23.1 Å². The van der Waals surface area contributed by atoms with Crippen molar-refractivity contribution >= 4 is 34.5 Å². The van der Waals surface area contributed by atoms with E-state index < -0.39 is 6.16 Å². The lowest BCUT2D eigenvalue weighted by Gasteiger charge is -2.32. The van der Waals surface area contributed by atoms with E-state index in [9.17, 15) is 4.79 Å². The average Bonchev–Trinajstić information content (AvgIpc) is 2.63. The van der Waals surface area contributed by atoms with Gasteiger partial charge in [0, 0.05) is 24.1 Å². The van der Waals surface area contributed by atoms with Gasteiger partial charge in [0.1, 0.15) is 12.4 Å². The van der Waals surface area contributed by atoms with Crippen LogP contribution in [0.5, 0.6) is 5.75 Å². The summed E-state index contributed by atoms with van der Waals surface area (Å²) >= 11 is 3.44. The molecule has 0 radical (unpaired) electrons. The number of carbonyl (C=O) groups excluding carboxylic acids is 1. The van der Waals surface area contributed by atoms with Crippen molar-refractivity contribution < 1.29 is 19.0 Å². The minimum Gasteiger partial charge on any atom is -0.433 e. The number of benzene rings is 2. The van der Waals surface area contributed by atoms with Gasteiger partial charge in [-0.1, -0.05) is 46.3 Å². The standard InChI is InChI=1S/C19H20BrNO4.ClH/c20-16-8-6-15(7-9-16)18-14-21(10-12-23-18)11-13-24-19(22)25-17-4-2-1-3-5-17;/h1-9,18H,10-14H2;1H. The number of carbonyl (C=O) groups is 1. The normalized spacial score (nSPS) is 17.2. The van der Waals surface area contributed by atoms with Crippen molar-refractivity contribution in [1.29, 1.82) is 0 Å². The third-order valence-corrected chi connectivity index (χ3v) is 4.49. The molecule has 3 rings (SSSR count). The molecule has 0 aliphatic carbocycles. The van der Waals surface area contributed by atoms with Gasteiger partial charge in [0.05, 0.1) is 12.7 Å². The van der Waals surface area contributed by atoms with E-state index >= 15 is 0 Å². The van der Waals surface area contributed by atoms with E-state index in [0.29, 0.717) is 25.5 Å². The molecule has 1 atom stereocenters. The molecule has 0 aromatic heterocycles. The molecular formula is C19H21BrClNO4. The lowest BCUT2D eigenvalue weighted by atomic mass is 10.1. The number of morpholine rings is 1. The highest BCUT2D eigenvalue weighted by molar-refractivity contribution is 9.10. The summed E-state index contributed by atoms with van der Waals surface area (Å²) in [7, 11) is 0. The lowest BCUT2D eigenvalue weighted by Crippen LogP contribution is -2.40. The Bertz CT molecular complexity index is 684. The third-order valence-electron chi connectivity index (χ3n) is 3.96. The second-order valence-electron chi connectivity index (χ2n) is 5.73. The van der Waals surface area contributed by atoms with Crippen molar-refractivity contribution in [1.82, 2.24) is 4.90 Å². The molecule has 1 unspecified atom stereocenters. The maximum Gasteiger partial charge on any atom is 0.513 e. The van der Waals surface area contributed by atoms with Crippen molar-refractivity contribution in [2.45, 2.75) is 6.10 Å². The van der Waals surface area contributed by atoms with Crippen molar-refractivity contribution in [2.24, 2.45) is 0 Å². The van der Waals surface area contributed by atoms with Crippen LogP contribution in [0.2, 0.25) is 0 Å². The summed E-state index contributed by atoms with van der Waals surface area (Å²) in [5.41, 5.74) is 1.15. The van der Waals surface area contributed by atoms with Crippen LogP contribution in [0.15, 0.2) is 59.1 Å². The molecule has 0 saturated carbocycles. The number of halogens is 2. The van der Waals surface area contributed by atoms with Crippen LogP contribution in [0.4, 0.5) is 4.79 Å². The van der Waals surface area contributed by atoms with E-state index in [1.165, 1.54) is 0 Å². The quantitative estimate of drug-likeness (QED) is 0.505. The van der Waals surface area contributed by atoms with Crippen LogP contribution in [0.1, 0.15) is 11.7 Å². The van der Waals surface area contributed by atoms with Crippen molar-refractivity contribution in [3.05, 3.63) is 64.6 Å². The number of hydrogen-bond donors (Lipinski definition) is 0. The number of rotatable bonds is 5. The first kappa shape index (κ1) is 20.7. The monoisotopic (exact) mass is 441 g/mol. The van der Waals surface area contributed by atoms with Gasteiger partial charge < -0.3 is 14.2 Å². The van der Waals surface area contributed by atoms with Gasteiger partial charge in [-0.3, -0.25) is 4.90 Å². The number of nitrogens with zero attached hydrogens (tertiary/aromatic N) is 1. The van der Waals surface area contributed by atoms with E-state index in [1.807, 2.05) is 18.2 Å². The Kier molecular flexibility index (Phi) is 8.38. The Labute approximate surface area is 167 Å². The number of para-hydroxylation sites is 1. The molecule has 0 spiro atoms.